The summed E-state index contributed by atoms with van der Waals surface area (Å²) >= 11 is 1.60. The highest BCUT2D eigenvalue weighted by atomic mass is 32.1. The number of nitrogens with zero attached hydrogens (tertiary/aromatic N) is 4. The van der Waals surface area contributed by atoms with Gasteiger partial charge in [-0.2, -0.15) is 10.1 Å². The lowest BCUT2D eigenvalue weighted by molar-refractivity contribution is -0.125. The van der Waals surface area contributed by atoms with Crippen molar-refractivity contribution in [3.05, 3.63) is 70.7 Å². The summed E-state index contributed by atoms with van der Waals surface area (Å²) in [5.74, 6) is -0.271. The molecule has 1 N–H and O–H groups in total. The van der Waals surface area contributed by atoms with Gasteiger partial charge in [0.25, 0.3) is 0 Å². The number of anilines is 1. The number of carbonyl (C=O) groups is 1. The summed E-state index contributed by atoms with van der Waals surface area (Å²) in [5.41, 5.74) is 6.05. The first-order valence-electron chi connectivity index (χ1n) is 12.0. The van der Waals surface area contributed by atoms with Crippen LogP contribution in [0.5, 0.6) is 0 Å². The minimum Gasteiger partial charge on any atom is -0.349 e. The van der Waals surface area contributed by atoms with Crippen molar-refractivity contribution in [3.63, 3.8) is 0 Å². The molecule has 8 heteroatoms. The Hall–Kier alpha value is -3.26. The first kappa shape index (κ1) is 23.5. The summed E-state index contributed by atoms with van der Waals surface area (Å²) in [5, 5.41) is 8.73. The molecule has 1 aliphatic heterocycles. The minimum atomic E-state index is -0.280. The van der Waals surface area contributed by atoms with Crippen molar-refractivity contribution in [2.24, 2.45) is 5.92 Å². The maximum Gasteiger partial charge on any atom is 0.225 e. The topological polar surface area (TPSA) is 63.1 Å². The predicted octanol–water partition coefficient (Wildman–Crippen LogP) is 5.64. The third-order valence-electron chi connectivity index (χ3n) is 6.90. The molecule has 182 valence electrons. The number of rotatable bonds is 5. The third-order valence-corrected chi connectivity index (χ3v) is 8.12. The molecule has 5 rings (SSSR count). The van der Waals surface area contributed by atoms with E-state index >= 15 is 0 Å². The Kier molecular flexibility index (Phi) is 6.32. The number of aromatic nitrogens is 3. The molecule has 2 aromatic heterocycles. The number of halogens is 1. The summed E-state index contributed by atoms with van der Waals surface area (Å²) in [6, 6.07) is 12.6. The average Bonchev–Trinajstić information content (AvgIpc) is 3.42. The summed E-state index contributed by atoms with van der Waals surface area (Å²) in [6.45, 7) is 9.71. The molecular formula is C27H30FN5OS. The molecule has 6 nitrogen and oxygen atoms in total. The van der Waals surface area contributed by atoms with Crippen molar-refractivity contribution in [1.29, 1.82) is 0 Å². The maximum atomic E-state index is 13.4. The second kappa shape index (κ2) is 9.41. The van der Waals surface area contributed by atoms with Gasteiger partial charge in [0.2, 0.25) is 5.91 Å². The lowest BCUT2D eigenvalue weighted by atomic mass is 9.96. The van der Waals surface area contributed by atoms with Crippen LogP contribution in [0.3, 0.4) is 0 Å². The summed E-state index contributed by atoms with van der Waals surface area (Å²) in [6.07, 6.45) is 1.81. The quantitative estimate of drug-likeness (QED) is 0.392. The van der Waals surface area contributed by atoms with Gasteiger partial charge in [0.05, 0.1) is 28.0 Å². The van der Waals surface area contributed by atoms with Crippen LogP contribution in [0.4, 0.5) is 9.52 Å². The van der Waals surface area contributed by atoms with Gasteiger partial charge < -0.3 is 10.2 Å². The second-order valence-electron chi connectivity index (χ2n) is 9.48. The van der Waals surface area contributed by atoms with Crippen LogP contribution in [0.1, 0.15) is 48.2 Å². The van der Waals surface area contributed by atoms with E-state index in [0.29, 0.717) is 6.54 Å². The summed E-state index contributed by atoms with van der Waals surface area (Å²) in [4.78, 5) is 20.3. The maximum absolute atomic E-state index is 13.4. The minimum absolute atomic E-state index is 0.0380. The molecule has 0 saturated carbocycles. The van der Waals surface area contributed by atoms with E-state index in [2.05, 4.69) is 47.4 Å². The molecule has 0 aliphatic carbocycles. The van der Waals surface area contributed by atoms with E-state index in [1.165, 1.54) is 23.3 Å². The van der Waals surface area contributed by atoms with Crippen molar-refractivity contribution in [2.45, 2.75) is 46.6 Å². The number of piperidine rings is 1. The van der Waals surface area contributed by atoms with E-state index < -0.39 is 0 Å². The van der Waals surface area contributed by atoms with Gasteiger partial charge in [0.1, 0.15) is 5.82 Å². The molecule has 0 unspecified atom stereocenters. The first-order chi connectivity index (χ1) is 16.8. The van der Waals surface area contributed by atoms with E-state index in [9.17, 15) is 9.18 Å². The molecule has 0 spiro atoms. The Bertz CT molecular complexity index is 1380. The van der Waals surface area contributed by atoms with Gasteiger partial charge in [0.15, 0.2) is 10.8 Å². The molecule has 1 fully saturated rings. The van der Waals surface area contributed by atoms with Crippen LogP contribution in [0.25, 0.3) is 16.0 Å². The molecule has 1 saturated heterocycles. The molecular weight excluding hydrogens is 461 g/mol. The highest BCUT2D eigenvalue weighted by molar-refractivity contribution is 7.22. The van der Waals surface area contributed by atoms with Crippen molar-refractivity contribution < 1.29 is 9.18 Å². The van der Waals surface area contributed by atoms with E-state index in [4.69, 9.17) is 4.98 Å². The van der Waals surface area contributed by atoms with Crippen LogP contribution in [-0.4, -0.2) is 33.8 Å². The number of benzene rings is 2. The number of hydrogen-bond donors (Lipinski definition) is 1. The Morgan fingerprint density at radius 2 is 1.91 bits per heavy atom. The van der Waals surface area contributed by atoms with Crippen molar-refractivity contribution in [1.82, 2.24) is 20.1 Å². The van der Waals surface area contributed by atoms with Crippen LogP contribution in [-0.2, 0) is 4.79 Å². The number of amides is 1. The summed E-state index contributed by atoms with van der Waals surface area (Å²) in [7, 11) is 0. The second-order valence-corrected chi connectivity index (χ2v) is 10.5. The van der Waals surface area contributed by atoms with Crippen LogP contribution < -0.4 is 10.2 Å². The summed E-state index contributed by atoms with van der Waals surface area (Å²) < 4.78 is 16.2. The van der Waals surface area contributed by atoms with Gasteiger partial charge in [-0.1, -0.05) is 29.5 Å². The average molecular weight is 492 g/mol. The number of nitrogens with one attached hydrogen (secondary N) is 1. The number of carbonyl (C=O) groups excluding carboxylic acids is 1. The zero-order valence-corrected chi connectivity index (χ0v) is 21.3. The van der Waals surface area contributed by atoms with Crippen LogP contribution >= 0.6 is 11.3 Å². The molecule has 0 bridgehead atoms. The van der Waals surface area contributed by atoms with Gasteiger partial charge in [-0.05, 0) is 81.5 Å². The van der Waals surface area contributed by atoms with Crippen LogP contribution in [0.2, 0.25) is 0 Å². The first-order valence-corrected chi connectivity index (χ1v) is 12.9. The number of aryl methyl sites for hydroxylation is 3. The highest BCUT2D eigenvalue weighted by Crippen LogP contribution is 2.34. The van der Waals surface area contributed by atoms with E-state index in [1.807, 2.05) is 13.8 Å². The third kappa shape index (κ3) is 4.67. The fourth-order valence-electron chi connectivity index (χ4n) is 4.63. The van der Waals surface area contributed by atoms with Crippen LogP contribution in [0.15, 0.2) is 42.5 Å². The van der Waals surface area contributed by atoms with Gasteiger partial charge in [-0.25, -0.2) is 9.07 Å². The SMILES string of the molecule is Cc1ccc([C@H](C)NC(=O)[C@H]2CCCN(c3nc4c(s3)c(C)nn4-c3ccc(F)cc3)C2)cc1C. The van der Waals surface area contributed by atoms with Crippen LogP contribution in [0, 0.1) is 32.5 Å². The predicted molar refractivity (Wildman–Crippen MR) is 139 cm³/mol. The van der Waals surface area contributed by atoms with Gasteiger partial charge in [0, 0.05) is 13.1 Å². The number of thiazole rings is 1. The Balaban J connectivity index is 1.32. The molecule has 35 heavy (non-hydrogen) atoms. The van der Waals surface area contributed by atoms with Crippen molar-refractivity contribution in [3.8, 4) is 5.69 Å². The fourth-order valence-corrected chi connectivity index (χ4v) is 5.66. The number of hydrogen-bond acceptors (Lipinski definition) is 5. The molecule has 2 aromatic carbocycles. The zero-order chi connectivity index (χ0) is 24.7. The van der Waals surface area contributed by atoms with Gasteiger partial charge in [-0.15, -0.1) is 0 Å². The van der Waals surface area contributed by atoms with Gasteiger partial charge >= 0.3 is 0 Å². The molecule has 2 atom stereocenters. The van der Waals surface area contributed by atoms with Gasteiger partial charge in [-0.3, -0.25) is 4.79 Å². The number of fused-ring (bicyclic) bond motifs is 1. The largest absolute Gasteiger partial charge is 0.349 e. The lowest BCUT2D eigenvalue weighted by Gasteiger charge is -2.32. The molecule has 0 radical (unpaired) electrons. The van der Waals surface area contributed by atoms with Crippen molar-refractivity contribution in [2.75, 3.05) is 18.0 Å². The van der Waals surface area contributed by atoms with Crippen molar-refractivity contribution >= 4 is 32.7 Å². The zero-order valence-electron chi connectivity index (χ0n) is 20.5. The molecule has 1 amide bonds. The monoisotopic (exact) mass is 491 g/mol. The Morgan fingerprint density at radius 1 is 1.14 bits per heavy atom. The fraction of sp³-hybridized carbons (Fsp3) is 0.370. The Labute approximate surface area is 208 Å². The molecule has 4 aromatic rings. The van der Waals surface area contributed by atoms with E-state index in [-0.39, 0.29) is 23.7 Å². The molecule has 1 aliphatic rings. The lowest BCUT2D eigenvalue weighted by Crippen LogP contribution is -2.43. The van der Waals surface area contributed by atoms with E-state index in [1.54, 1.807) is 28.2 Å². The van der Waals surface area contributed by atoms with E-state index in [0.717, 1.165) is 51.8 Å². The standard InChI is InChI=1S/C27H30FN5OS/c1-16-7-8-20(14-17(16)2)18(3)29-26(34)21-6-5-13-32(15-21)27-30-25-24(35-27)19(4)31-33(25)23-11-9-22(28)10-12-23/h7-12,14,18,21H,5-6,13,15H2,1-4H3,(H,29,34)/t18-,21-/m0/s1. The highest BCUT2D eigenvalue weighted by Gasteiger charge is 2.29. The Morgan fingerprint density at radius 3 is 2.66 bits per heavy atom. The molecule has 3 heterocycles. The smallest absolute Gasteiger partial charge is 0.225 e. The normalized spacial score (nSPS) is 17.1.